The topological polar surface area (TPSA) is 45.5 Å². The Morgan fingerprint density at radius 2 is 1.52 bits per heavy atom. The van der Waals surface area contributed by atoms with Gasteiger partial charge in [-0.05, 0) is 36.4 Å². The molecule has 138 valence electrons. The number of ether oxygens (including phenoxy) is 1. The Kier molecular flexibility index (Phi) is 5.71. The second-order valence-corrected chi connectivity index (χ2v) is 6.50. The van der Waals surface area contributed by atoms with Gasteiger partial charge in [0.2, 0.25) is 6.04 Å². The normalized spacial score (nSPS) is 11.5. The van der Waals surface area contributed by atoms with Crippen LogP contribution in [0.1, 0.15) is 13.0 Å². The highest BCUT2D eigenvalue weighted by Crippen LogP contribution is 2.22. The van der Waals surface area contributed by atoms with Gasteiger partial charge in [0.1, 0.15) is 11.5 Å². The summed E-state index contributed by atoms with van der Waals surface area (Å²) in [6.07, 6.45) is 3.83. The van der Waals surface area contributed by atoms with Crippen LogP contribution in [0, 0.1) is 0 Å². The van der Waals surface area contributed by atoms with Crippen LogP contribution in [0.15, 0.2) is 79.1 Å². The number of carbonyl (C=O) groups excluding carboxylic acids is 1. The third-order valence-electron chi connectivity index (χ3n) is 4.28. The molecule has 0 aliphatic carbocycles. The van der Waals surface area contributed by atoms with Gasteiger partial charge >= 0.3 is 0 Å². The van der Waals surface area contributed by atoms with Crippen molar-refractivity contribution in [2.75, 3.05) is 24.3 Å². The molecule has 0 bridgehead atoms. The molecule has 27 heavy (non-hydrogen) atoms. The molecule has 1 atom stereocenters. The number of aromatic nitrogens is 1. The molecule has 1 aromatic heterocycles. The minimum Gasteiger partial charge on any atom is -0.457 e. The zero-order valence-corrected chi connectivity index (χ0v) is 15.8. The van der Waals surface area contributed by atoms with E-state index in [-0.39, 0.29) is 11.9 Å². The van der Waals surface area contributed by atoms with E-state index in [1.54, 1.807) is 0 Å². The third-order valence-corrected chi connectivity index (χ3v) is 4.28. The van der Waals surface area contributed by atoms with Crippen LogP contribution < -0.4 is 19.5 Å². The average molecular weight is 362 g/mol. The van der Waals surface area contributed by atoms with E-state index in [4.69, 9.17) is 4.74 Å². The smallest absolute Gasteiger partial charge is 0.293 e. The number of rotatable bonds is 6. The molecule has 0 aliphatic heterocycles. The number of nitrogens with one attached hydrogen (secondary N) is 1. The van der Waals surface area contributed by atoms with Gasteiger partial charge in [-0.15, -0.1) is 0 Å². The summed E-state index contributed by atoms with van der Waals surface area (Å²) in [5.41, 5.74) is 1.82. The molecule has 1 amide bonds. The molecular weight excluding hydrogens is 338 g/mol. The molecule has 5 nitrogen and oxygen atoms in total. The molecule has 0 radical (unpaired) electrons. The zero-order chi connectivity index (χ0) is 19.2. The van der Waals surface area contributed by atoms with Gasteiger partial charge in [-0.2, -0.15) is 4.57 Å². The van der Waals surface area contributed by atoms with Crippen molar-refractivity contribution in [2.45, 2.75) is 13.0 Å². The van der Waals surface area contributed by atoms with E-state index < -0.39 is 0 Å². The Labute approximate surface area is 159 Å². The molecule has 3 rings (SSSR count). The first-order valence-corrected chi connectivity index (χ1v) is 8.85. The quantitative estimate of drug-likeness (QED) is 0.674. The fraction of sp³-hybridized carbons (Fsp3) is 0.182. The van der Waals surface area contributed by atoms with Crippen molar-refractivity contribution in [1.82, 2.24) is 0 Å². The van der Waals surface area contributed by atoms with E-state index in [1.165, 1.54) is 0 Å². The summed E-state index contributed by atoms with van der Waals surface area (Å²) in [6, 6.07) is 20.6. The Bertz CT molecular complexity index is 876. The first kappa shape index (κ1) is 18.5. The molecule has 0 unspecified atom stereocenters. The average Bonchev–Trinajstić information content (AvgIpc) is 2.69. The largest absolute Gasteiger partial charge is 0.457 e. The zero-order valence-electron chi connectivity index (χ0n) is 15.8. The van der Waals surface area contributed by atoms with Crippen LogP contribution in [-0.4, -0.2) is 20.0 Å². The molecule has 0 aliphatic rings. The van der Waals surface area contributed by atoms with Crippen molar-refractivity contribution in [3.05, 3.63) is 79.1 Å². The minimum absolute atomic E-state index is 0.0747. The van der Waals surface area contributed by atoms with Crippen LogP contribution in [0.4, 0.5) is 11.4 Å². The van der Waals surface area contributed by atoms with Crippen LogP contribution in [0.2, 0.25) is 0 Å². The van der Waals surface area contributed by atoms with Crippen molar-refractivity contribution in [2.24, 2.45) is 0 Å². The predicted octanol–water partition coefficient (Wildman–Crippen LogP) is 4.03. The number of hydrogen-bond donors (Lipinski definition) is 1. The minimum atomic E-state index is -0.318. The highest BCUT2D eigenvalue weighted by Gasteiger charge is 2.22. The van der Waals surface area contributed by atoms with E-state index in [0.29, 0.717) is 0 Å². The van der Waals surface area contributed by atoms with Crippen molar-refractivity contribution >= 4 is 17.3 Å². The summed E-state index contributed by atoms with van der Waals surface area (Å²) in [6.45, 7) is 1.87. The van der Waals surface area contributed by atoms with Crippen molar-refractivity contribution in [1.29, 1.82) is 0 Å². The highest BCUT2D eigenvalue weighted by molar-refractivity contribution is 5.92. The summed E-state index contributed by atoms with van der Waals surface area (Å²) in [4.78, 5) is 14.6. The maximum atomic E-state index is 12.5. The summed E-state index contributed by atoms with van der Waals surface area (Å²) in [5, 5.41) is 2.94. The molecule has 0 saturated heterocycles. The first-order chi connectivity index (χ1) is 13.0. The van der Waals surface area contributed by atoms with Crippen molar-refractivity contribution < 1.29 is 14.1 Å². The molecule has 0 fully saturated rings. The number of para-hydroxylation sites is 1. The van der Waals surface area contributed by atoms with E-state index in [9.17, 15) is 4.79 Å². The fourth-order valence-corrected chi connectivity index (χ4v) is 2.60. The van der Waals surface area contributed by atoms with E-state index in [1.807, 2.05) is 110 Å². The fourth-order valence-electron chi connectivity index (χ4n) is 2.60. The number of carbonyl (C=O) groups is 1. The van der Waals surface area contributed by atoms with Crippen LogP contribution in [0.3, 0.4) is 0 Å². The third kappa shape index (κ3) is 4.85. The summed E-state index contributed by atoms with van der Waals surface area (Å²) in [5.74, 6) is 1.43. The Morgan fingerprint density at radius 1 is 0.926 bits per heavy atom. The number of nitrogens with zero attached hydrogens (tertiary/aromatic N) is 2. The molecule has 2 aromatic carbocycles. The second kappa shape index (κ2) is 8.36. The summed E-state index contributed by atoms with van der Waals surface area (Å²) < 4.78 is 7.65. The number of benzene rings is 2. The molecular formula is C22H24N3O2+. The van der Waals surface area contributed by atoms with Crippen LogP contribution in [0.5, 0.6) is 11.5 Å². The Balaban J connectivity index is 1.61. The predicted molar refractivity (Wildman–Crippen MR) is 107 cm³/mol. The van der Waals surface area contributed by atoms with Gasteiger partial charge in [0.15, 0.2) is 12.4 Å². The van der Waals surface area contributed by atoms with E-state index in [0.717, 1.165) is 22.9 Å². The van der Waals surface area contributed by atoms with E-state index >= 15 is 0 Å². The molecule has 0 saturated carbocycles. The monoisotopic (exact) mass is 362 g/mol. The van der Waals surface area contributed by atoms with Gasteiger partial charge < -0.3 is 15.0 Å². The van der Waals surface area contributed by atoms with Gasteiger partial charge in [0.25, 0.3) is 5.91 Å². The molecule has 1 N–H and O–H groups in total. The van der Waals surface area contributed by atoms with Gasteiger partial charge in [-0.1, -0.05) is 18.2 Å². The van der Waals surface area contributed by atoms with Gasteiger partial charge in [-0.25, -0.2) is 0 Å². The number of anilines is 2. The molecule has 3 aromatic rings. The maximum absolute atomic E-state index is 12.5. The SMILES string of the molecule is C[C@H](C(=O)Nc1ccc(Oc2ccccc2)cc1)[n+]1ccc(N(C)C)cc1. The summed E-state index contributed by atoms with van der Waals surface area (Å²) >= 11 is 0. The van der Waals surface area contributed by atoms with E-state index in [2.05, 4.69) is 5.32 Å². The Hall–Kier alpha value is -3.34. The van der Waals surface area contributed by atoms with Crippen molar-refractivity contribution in [3.63, 3.8) is 0 Å². The maximum Gasteiger partial charge on any atom is 0.293 e. The van der Waals surface area contributed by atoms with Gasteiger partial charge in [-0.3, -0.25) is 4.79 Å². The first-order valence-electron chi connectivity index (χ1n) is 8.85. The lowest BCUT2D eigenvalue weighted by molar-refractivity contribution is -0.705. The van der Waals surface area contributed by atoms with Crippen LogP contribution >= 0.6 is 0 Å². The summed E-state index contributed by atoms with van der Waals surface area (Å²) in [7, 11) is 3.97. The lowest BCUT2D eigenvalue weighted by Crippen LogP contribution is -2.44. The number of amides is 1. The number of pyridine rings is 1. The van der Waals surface area contributed by atoms with Crippen LogP contribution in [-0.2, 0) is 4.79 Å². The number of hydrogen-bond acceptors (Lipinski definition) is 3. The second-order valence-electron chi connectivity index (χ2n) is 6.50. The Morgan fingerprint density at radius 3 is 2.11 bits per heavy atom. The molecule has 5 heteroatoms. The van der Waals surface area contributed by atoms with Crippen LogP contribution in [0.25, 0.3) is 0 Å². The van der Waals surface area contributed by atoms with Crippen molar-refractivity contribution in [3.8, 4) is 11.5 Å². The lowest BCUT2D eigenvalue weighted by Gasteiger charge is -2.13. The lowest BCUT2D eigenvalue weighted by atomic mass is 10.2. The standard InChI is InChI=1S/C22H23N3O2/c1-17(25-15-13-19(14-16-25)24(2)3)22(26)23-18-9-11-21(12-10-18)27-20-7-5-4-6-8-20/h4-17H,1-3H3/p+1/t17-/m1/s1. The van der Waals surface area contributed by atoms with Gasteiger partial charge in [0.05, 0.1) is 0 Å². The highest BCUT2D eigenvalue weighted by atomic mass is 16.5. The molecule has 1 heterocycles. The molecule has 0 spiro atoms. The van der Waals surface area contributed by atoms with Gasteiger partial charge in [0, 0.05) is 44.5 Å².